The number of nitrogens with one attached hydrogen (secondary N) is 1. The number of aryl methyl sites for hydroxylation is 1. The molecule has 0 saturated carbocycles. The number of alkyl halides is 3. The lowest BCUT2D eigenvalue weighted by Crippen LogP contribution is -2.53. The second kappa shape index (κ2) is 11.0. The molecule has 2 atom stereocenters. The molecule has 0 fully saturated rings. The number of carbonyl (C=O) groups excluding carboxylic acids is 1. The van der Waals surface area contributed by atoms with Gasteiger partial charge in [0.05, 0.1) is 25.7 Å². The van der Waals surface area contributed by atoms with Crippen molar-refractivity contribution in [3.63, 3.8) is 0 Å². The van der Waals surface area contributed by atoms with E-state index in [2.05, 4.69) is 4.72 Å². The zero-order valence-corrected chi connectivity index (χ0v) is 22.0. The number of aliphatic hydroxyl groups is 1. The van der Waals surface area contributed by atoms with Crippen LogP contribution in [0.4, 0.5) is 17.6 Å². The number of benzene rings is 2. The van der Waals surface area contributed by atoms with Crippen LogP contribution in [0.3, 0.4) is 0 Å². The largest absolute Gasteiger partial charge is 0.598 e. The molecule has 0 aliphatic heterocycles. The van der Waals surface area contributed by atoms with E-state index >= 15 is 4.39 Å². The normalized spacial score (nSPS) is 14.8. The first kappa shape index (κ1) is 29.9. The molecule has 36 heavy (non-hydrogen) atoms. The fourth-order valence-electron chi connectivity index (χ4n) is 3.68. The van der Waals surface area contributed by atoms with Crippen molar-refractivity contribution in [1.29, 1.82) is 0 Å². The van der Waals surface area contributed by atoms with Gasteiger partial charge in [0.25, 0.3) is 0 Å². The fraction of sp³-hybridized carbons (Fsp3) is 0.480. The molecule has 2 N–H and O–H groups in total. The molecule has 0 heterocycles. The van der Waals surface area contributed by atoms with Crippen molar-refractivity contribution in [3.05, 3.63) is 52.3 Å². The number of hydrogen-bond acceptors (Lipinski definition) is 6. The van der Waals surface area contributed by atoms with Gasteiger partial charge in [-0.05, 0) is 82.0 Å². The molecule has 6 nitrogen and oxygen atoms in total. The molecule has 0 saturated heterocycles. The van der Waals surface area contributed by atoms with E-state index in [1.807, 2.05) is 0 Å². The second-order valence-corrected chi connectivity index (χ2v) is 11.3. The minimum Gasteiger partial charge on any atom is -0.598 e. The van der Waals surface area contributed by atoms with Crippen LogP contribution in [0.5, 0.6) is 5.75 Å². The molecule has 2 rings (SSSR count). The van der Waals surface area contributed by atoms with Crippen LogP contribution in [0.1, 0.15) is 56.4 Å². The minimum atomic E-state index is -5.14. The van der Waals surface area contributed by atoms with E-state index in [4.69, 9.17) is 9.47 Å². The lowest BCUT2D eigenvalue weighted by Gasteiger charge is -2.34. The zero-order valence-electron chi connectivity index (χ0n) is 21.2. The number of rotatable bonds is 8. The van der Waals surface area contributed by atoms with Gasteiger partial charge in [0.1, 0.15) is 16.3 Å². The molecule has 0 spiro atoms. The Balaban J connectivity index is 2.92. The molecule has 2 aromatic rings. The average molecular weight is 534 g/mol. The highest BCUT2D eigenvalue weighted by molar-refractivity contribution is 7.90. The molecule has 0 radical (unpaired) electrons. The Morgan fingerprint density at radius 1 is 1.14 bits per heavy atom. The molecule has 0 amide bonds. The summed E-state index contributed by atoms with van der Waals surface area (Å²) in [4.78, 5) is 12.3. The molecule has 200 valence electrons. The lowest BCUT2D eigenvalue weighted by molar-refractivity contribution is -0.149. The van der Waals surface area contributed by atoms with Gasteiger partial charge in [-0.15, -0.1) is 4.72 Å². The third-order valence-corrected chi connectivity index (χ3v) is 7.11. The Morgan fingerprint density at radius 3 is 2.22 bits per heavy atom. The van der Waals surface area contributed by atoms with E-state index in [0.29, 0.717) is 28.5 Å². The van der Waals surface area contributed by atoms with Crippen molar-refractivity contribution in [1.82, 2.24) is 4.72 Å². The summed E-state index contributed by atoms with van der Waals surface area (Å²) in [5.41, 5.74) is -4.01. The van der Waals surface area contributed by atoms with Gasteiger partial charge in [-0.2, -0.15) is 13.2 Å². The van der Waals surface area contributed by atoms with Gasteiger partial charge in [-0.1, -0.05) is 6.07 Å². The summed E-state index contributed by atoms with van der Waals surface area (Å²) in [5, 5.41) is 11.5. The predicted octanol–water partition coefficient (Wildman–Crippen LogP) is 5.29. The first-order valence-corrected chi connectivity index (χ1v) is 12.2. The highest BCUT2D eigenvalue weighted by Crippen LogP contribution is 2.42. The van der Waals surface area contributed by atoms with Crippen molar-refractivity contribution >= 4 is 17.3 Å². The molecule has 0 aromatic heterocycles. The molecule has 0 aliphatic rings. The van der Waals surface area contributed by atoms with E-state index in [1.165, 1.54) is 34.8 Å². The predicted molar refractivity (Wildman–Crippen MR) is 129 cm³/mol. The number of carbonyl (C=O) groups is 1. The van der Waals surface area contributed by atoms with E-state index in [-0.39, 0.29) is 12.2 Å². The molecular weight excluding hydrogens is 502 g/mol. The van der Waals surface area contributed by atoms with Crippen molar-refractivity contribution in [2.45, 2.75) is 64.6 Å². The summed E-state index contributed by atoms with van der Waals surface area (Å²) in [6, 6.07) is 4.94. The average Bonchev–Trinajstić information content (AvgIpc) is 2.73. The Kier molecular flexibility index (Phi) is 9.10. The third kappa shape index (κ3) is 6.50. The lowest BCUT2D eigenvalue weighted by atomic mass is 9.88. The van der Waals surface area contributed by atoms with Gasteiger partial charge in [0, 0.05) is 16.9 Å². The summed E-state index contributed by atoms with van der Waals surface area (Å²) in [7, 11) is 1.41. The maximum Gasteiger partial charge on any atom is 0.419 e. The maximum absolute atomic E-state index is 15.5. The second-order valence-electron chi connectivity index (χ2n) is 9.29. The van der Waals surface area contributed by atoms with Gasteiger partial charge in [0.15, 0.2) is 5.72 Å². The van der Waals surface area contributed by atoms with Crippen LogP contribution in [0.25, 0.3) is 11.1 Å². The monoisotopic (exact) mass is 533 g/mol. The number of esters is 1. The Bertz CT molecular complexity index is 1120. The van der Waals surface area contributed by atoms with Crippen molar-refractivity contribution in [3.8, 4) is 16.9 Å². The van der Waals surface area contributed by atoms with Crippen LogP contribution in [0, 0.1) is 19.7 Å². The molecule has 0 aliphatic carbocycles. The van der Waals surface area contributed by atoms with Crippen LogP contribution in [-0.2, 0) is 32.8 Å². The molecule has 2 unspecified atom stereocenters. The van der Waals surface area contributed by atoms with Crippen LogP contribution in [0.2, 0.25) is 0 Å². The highest BCUT2D eigenvalue weighted by atomic mass is 32.2. The Labute approximate surface area is 211 Å². The van der Waals surface area contributed by atoms with Crippen LogP contribution in [-0.4, -0.2) is 34.1 Å². The van der Waals surface area contributed by atoms with E-state index in [1.54, 1.807) is 26.0 Å². The maximum atomic E-state index is 15.5. The van der Waals surface area contributed by atoms with Gasteiger partial charge in [-0.25, -0.2) is 4.39 Å². The number of halogens is 4. The van der Waals surface area contributed by atoms with E-state index in [0.717, 1.165) is 6.07 Å². The summed E-state index contributed by atoms with van der Waals surface area (Å²) in [6.45, 7) is 9.32. The summed E-state index contributed by atoms with van der Waals surface area (Å²) >= 11 is -2.10. The SMILES string of the molecule is CCOC(=O)CC(O)(N[S+]([O-])C(C)(C)C)c1cc(-c2c(C)ccc(OC)c2C)cc(C(F)(F)F)c1F. The number of ether oxygens (including phenoxy) is 2. The zero-order chi connectivity index (χ0) is 27.6. The first-order chi connectivity index (χ1) is 16.5. The smallest absolute Gasteiger partial charge is 0.419 e. The van der Waals surface area contributed by atoms with E-state index in [9.17, 15) is 27.6 Å². The summed E-state index contributed by atoms with van der Waals surface area (Å²) < 4.78 is 81.7. The third-order valence-electron chi connectivity index (χ3n) is 5.48. The van der Waals surface area contributed by atoms with Crippen LogP contribution >= 0.6 is 0 Å². The van der Waals surface area contributed by atoms with Crippen molar-refractivity contribution in [2.75, 3.05) is 13.7 Å². The van der Waals surface area contributed by atoms with Crippen molar-refractivity contribution < 1.29 is 41.5 Å². The number of methoxy groups -OCH3 is 1. The topological polar surface area (TPSA) is 90.9 Å². The standard InChI is InChI=1S/C25H31F4NO5S/c1-8-35-20(31)13-24(32,30-36(33)23(4,5)6)17-11-16(12-18(22(17)26)25(27,28)29)21-14(2)9-10-19(34-7)15(21)3/h9-12,30,32H,8,13H2,1-7H3. The number of hydrogen-bond donors (Lipinski definition) is 2. The fourth-order valence-corrected chi connectivity index (χ4v) is 4.48. The Morgan fingerprint density at radius 2 is 1.72 bits per heavy atom. The van der Waals surface area contributed by atoms with Gasteiger partial charge in [-0.3, -0.25) is 4.79 Å². The molecular formula is C25H31F4NO5S. The first-order valence-electron chi connectivity index (χ1n) is 11.1. The van der Waals surface area contributed by atoms with Gasteiger partial charge in [0.2, 0.25) is 0 Å². The highest BCUT2D eigenvalue weighted by Gasteiger charge is 2.46. The molecule has 11 heteroatoms. The summed E-state index contributed by atoms with van der Waals surface area (Å²) in [6.07, 6.45) is -6.13. The minimum absolute atomic E-state index is 0.0711. The van der Waals surface area contributed by atoms with Gasteiger partial charge >= 0.3 is 12.1 Å². The van der Waals surface area contributed by atoms with Crippen LogP contribution < -0.4 is 9.46 Å². The molecule has 0 bridgehead atoms. The summed E-state index contributed by atoms with van der Waals surface area (Å²) in [5.74, 6) is -2.43. The van der Waals surface area contributed by atoms with Gasteiger partial charge < -0.3 is 19.1 Å². The van der Waals surface area contributed by atoms with Crippen LogP contribution in [0.15, 0.2) is 24.3 Å². The van der Waals surface area contributed by atoms with Crippen molar-refractivity contribution in [2.24, 2.45) is 0 Å². The molecule has 2 aromatic carbocycles. The van der Waals surface area contributed by atoms with E-state index < -0.39 is 57.3 Å². The Hall–Kier alpha value is -2.34. The quantitative estimate of drug-likeness (QED) is 0.208.